The second-order valence-electron chi connectivity index (χ2n) is 5.66. The highest BCUT2D eigenvalue weighted by molar-refractivity contribution is 5.65. The molecule has 0 amide bonds. The zero-order chi connectivity index (χ0) is 15.7. The SMILES string of the molecule is CC(=O)OC[C@H]1O[C@@H](n2ccc(=O)[nH]c2=O)[C@@H]2CC=CC[C@@H]21. The van der Waals surface area contributed by atoms with E-state index in [9.17, 15) is 14.4 Å². The number of hydrogen-bond acceptors (Lipinski definition) is 5. The van der Waals surface area contributed by atoms with E-state index in [0.29, 0.717) is 0 Å². The number of aromatic nitrogens is 2. The first-order valence-corrected chi connectivity index (χ1v) is 7.31. The van der Waals surface area contributed by atoms with E-state index in [0.717, 1.165) is 12.8 Å². The van der Waals surface area contributed by atoms with Gasteiger partial charge in [-0.3, -0.25) is 19.1 Å². The first-order valence-electron chi connectivity index (χ1n) is 7.31. The third kappa shape index (κ3) is 2.76. The number of ether oxygens (including phenoxy) is 2. The van der Waals surface area contributed by atoms with Crippen LogP contribution in [0.5, 0.6) is 0 Å². The van der Waals surface area contributed by atoms with Gasteiger partial charge in [-0.25, -0.2) is 4.79 Å². The Balaban J connectivity index is 1.88. The lowest BCUT2D eigenvalue weighted by molar-refractivity contribution is -0.146. The second kappa shape index (κ2) is 5.92. The Hall–Kier alpha value is -2.15. The fourth-order valence-electron chi connectivity index (χ4n) is 3.25. The van der Waals surface area contributed by atoms with Crippen molar-refractivity contribution in [1.29, 1.82) is 0 Å². The van der Waals surface area contributed by atoms with Gasteiger partial charge in [0.1, 0.15) is 12.8 Å². The van der Waals surface area contributed by atoms with Crippen LogP contribution in [0.1, 0.15) is 26.0 Å². The van der Waals surface area contributed by atoms with Crippen molar-refractivity contribution in [3.8, 4) is 0 Å². The number of fused-ring (bicyclic) bond motifs is 1. The van der Waals surface area contributed by atoms with Gasteiger partial charge >= 0.3 is 11.7 Å². The topological polar surface area (TPSA) is 90.4 Å². The molecular weight excluding hydrogens is 288 g/mol. The van der Waals surface area contributed by atoms with Gasteiger partial charge in [0.15, 0.2) is 0 Å². The van der Waals surface area contributed by atoms with Crippen molar-refractivity contribution >= 4 is 5.97 Å². The molecule has 118 valence electrons. The van der Waals surface area contributed by atoms with Gasteiger partial charge in [-0.1, -0.05) is 12.2 Å². The summed E-state index contributed by atoms with van der Waals surface area (Å²) in [4.78, 5) is 36.5. The summed E-state index contributed by atoms with van der Waals surface area (Å²) in [6, 6.07) is 1.30. The van der Waals surface area contributed by atoms with E-state index in [-0.39, 0.29) is 30.5 Å². The van der Waals surface area contributed by atoms with Crippen molar-refractivity contribution in [2.75, 3.05) is 6.61 Å². The molecule has 1 N–H and O–H groups in total. The minimum Gasteiger partial charge on any atom is -0.463 e. The Morgan fingerprint density at radius 2 is 2.09 bits per heavy atom. The molecule has 1 aromatic rings. The molecule has 1 aromatic heterocycles. The number of nitrogens with zero attached hydrogens (tertiary/aromatic N) is 1. The van der Waals surface area contributed by atoms with Crippen LogP contribution in [-0.2, 0) is 14.3 Å². The summed E-state index contributed by atoms with van der Waals surface area (Å²) >= 11 is 0. The molecule has 3 rings (SSSR count). The summed E-state index contributed by atoms with van der Waals surface area (Å²) in [5.41, 5.74) is -0.922. The van der Waals surface area contributed by atoms with Gasteiger partial charge in [0.05, 0.1) is 6.10 Å². The molecule has 2 heterocycles. The molecule has 0 bridgehead atoms. The van der Waals surface area contributed by atoms with Crippen molar-refractivity contribution in [3.63, 3.8) is 0 Å². The highest BCUT2D eigenvalue weighted by atomic mass is 16.6. The Kier molecular flexibility index (Phi) is 3.98. The summed E-state index contributed by atoms with van der Waals surface area (Å²) < 4.78 is 12.5. The zero-order valence-corrected chi connectivity index (χ0v) is 12.2. The Morgan fingerprint density at radius 1 is 1.36 bits per heavy atom. The van der Waals surface area contributed by atoms with Crippen LogP contribution >= 0.6 is 0 Å². The average molecular weight is 306 g/mol. The predicted octanol–water partition coefficient (Wildman–Crippen LogP) is 0.579. The van der Waals surface area contributed by atoms with Gasteiger partial charge in [0.25, 0.3) is 5.56 Å². The monoisotopic (exact) mass is 306 g/mol. The number of carbonyl (C=O) groups excluding carboxylic acids is 1. The fraction of sp³-hybridized carbons (Fsp3) is 0.533. The second-order valence-corrected chi connectivity index (χ2v) is 5.66. The van der Waals surface area contributed by atoms with Crippen LogP contribution in [0.2, 0.25) is 0 Å². The van der Waals surface area contributed by atoms with Crippen molar-refractivity contribution in [3.05, 3.63) is 45.3 Å². The molecule has 1 aliphatic heterocycles. The number of nitrogens with one attached hydrogen (secondary N) is 1. The van der Waals surface area contributed by atoms with Crippen molar-refractivity contribution < 1.29 is 14.3 Å². The van der Waals surface area contributed by atoms with Crippen LogP contribution < -0.4 is 11.2 Å². The summed E-state index contributed by atoms with van der Waals surface area (Å²) in [6.07, 6.45) is 6.52. The largest absolute Gasteiger partial charge is 0.463 e. The molecular formula is C15H18N2O5. The van der Waals surface area contributed by atoms with Crippen LogP contribution in [-0.4, -0.2) is 28.2 Å². The molecule has 7 nitrogen and oxygen atoms in total. The van der Waals surface area contributed by atoms with Crippen molar-refractivity contribution in [2.24, 2.45) is 11.8 Å². The summed E-state index contributed by atoms with van der Waals surface area (Å²) in [5.74, 6) is -0.0431. The summed E-state index contributed by atoms with van der Waals surface area (Å²) in [7, 11) is 0. The maximum absolute atomic E-state index is 12.0. The van der Waals surface area contributed by atoms with E-state index in [1.165, 1.54) is 23.8 Å². The van der Waals surface area contributed by atoms with E-state index >= 15 is 0 Å². The molecule has 4 atom stereocenters. The van der Waals surface area contributed by atoms with E-state index in [2.05, 4.69) is 17.1 Å². The van der Waals surface area contributed by atoms with Crippen LogP contribution in [0, 0.1) is 11.8 Å². The zero-order valence-electron chi connectivity index (χ0n) is 12.2. The quantitative estimate of drug-likeness (QED) is 0.651. The van der Waals surface area contributed by atoms with Crippen LogP contribution in [0.3, 0.4) is 0 Å². The molecule has 22 heavy (non-hydrogen) atoms. The van der Waals surface area contributed by atoms with Gasteiger partial charge in [-0.15, -0.1) is 0 Å². The van der Waals surface area contributed by atoms with E-state index in [1.807, 2.05) is 0 Å². The minimum absolute atomic E-state index is 0.120. The third-order valence-electron chi connectivity index (χ3n) is 4.27. The molecule has 0 unspecified atom stereocenters. The van der Waals surface area contributed by atoms with Gasteiger partial charge in [0.2, 0.25) is 0 Å². The number of hydrogen-bond donors (Lipinski definition) is 1. The van der Waals surface area contributed by atoms with Crippen molar-refractivity contribution in [2.45, 2.75) is 32.1 Å². The molecule has 2 aliphatic rings. The number of rotatable bonds is 3. The third-order valence-corrected chi connectivity index (χ3v) is 4.27. The van der Waals surface area contributed by atoms with Crippen molar-refractivity contribution in [1.82, 2.24) is 9.55 Å². The maximum atomic E-state index is 12.0. The van der Waals surface area contributed by atoms with Crippen LogP contribution in [0.4, 0.5) is 0 Å². The highest BCUT2D eigenvalue weighted by Crippen LogP contribution is 2.44. The Bertz CT molecular complexity index is 704. The van der Waals surface area contributed by atoms with E-state index in [4.69, 9.17) is 9.47 Å². The molecule has 0 spiro atoms. The van der Waals surface area contributed by atoms with Gasteiger partial charge in [-0.05, 0) is 18.8 Å². The van der Waals surface area contributed by atoms with Crippen LogP contribution in [0.15, 0.2) is 34.0 Å². The van der Waals surface area contributed by atoms with Gasteiger partial charge < -0.3 is 9.47 Å². The average Bonchev–Trinajstić information content (AvgIpc) is 2.84. The highest BCUT2D eigenvalue weighted by Gasteiger charge is 2.45. The molecule has 1 fully saturated rings. The maximum Gasteiger partial charge on any atom is 0.330 e. The fourth-order valence-corrected chi connectivity index (χ4v) is 3.25. The summed E-state index contributed by atoms with van der Waals surface area (Å²) in [5, 5.41) is 0. The molecule has 1 saturated heterocycles. The van der Waals surface area contributed by atoms with Crippen LogP contribution in [0.25, 0.3) is 0 Å². The smallest absolute Gasteiger partial charge is 0.330 e. The number of aromatic amines is 1. The summed E-state index contributed by atoms with van der Waals surface area (Å²) in [6.45, 7) is 1.54. The lowest BCUT2D eigenvalue weighted by atomic mass is 9.81. The Labute approximate surface area is 126 Å². The Morgan fingerprint density at radius 3 is 2.77 bits per heavy atom. The lowest BCUT2D eigenvalue weighted by Gasteiger charge is -2.25. The first kappa shape index (κ1) is 14.8. The van der Waals surface area contributed by atoms with Gasteiger partial charge in [-0.2, -0.15) is 0 Å². The number of esters is 1. The first-order chi connectivity index (χ1) is 10.6. The number of H-pyrrole nitrogens is 1. The normalized spacial score (nSPS) is 30.0. The molecule has 7 heteroatoms. The molecule has 0 radical (unpaired) electrons. The molecule has 0 saturated carbocycles. The minimum atomic E-state index is -0.487. The molecule has 0 aromatic carbocycles. The van der Waals surface area contributed by atoms with E-state index in [1.54, 1.807) is 0 Å². The van der Waals surface area contributed by atoms with E-state index < -0.39 is 17.5 Å². The number of allylic oxidation sites excluding steroid dienone is 2. The lowest BCUT2D eigenvalue weighted by Crippen LogP contribution is -2.34. The van der Waals surface area contributed by atoms with Gasteiger partial charge in [0, 0.05) is 25.1 Å². The molecule has 1 aliphatic carbocycles. The standard InChI is InChI=1S/C15H18N2O5/c1-9(18)21-8-12-10-4-2-3-5-11(10)14(22-12)17-7-6-13(19)16-15(17)20/h2-3,6-7,10-12,14H,4-5,8H2,1H3,(H,16,19,20)/t10-,11+,12+,14+/m0/s1. The predicted molar refractivity (Wildman–Crippen MR) is 77.2 cm³/mol. The number of carbonyl (C=O) groups is 1.